The van der Waals surface area contributed by atoms with Crippen LogP contribution in [0.15, 0.2) is 11.6 Å². The Morgan fingerprint density at radius 2 is 2.07 bits per heavy atom. The molecule has 0 bridgehead atoms. The summed E-state index contributed by atoms with van der Waals surface area (Å²) in [7, 11) is 7.94. The van der Waals surface area contributed by atoms with Gasteiger partial charge in [-0.1, -0.05) is 18.0 Å². The van der Waals surface area contributed by atoms with Crippen LogP contribution in [0.1, 0.15) is 32.1 Å². The van der Waals surface area contributed by atoms with Gasteiger partial charge in [-0.3, -0.25) is 16.0 Å². The van der Waals surface area contributed by atoms with Gasteiger partial charge in [-0.05, 0) is 45.7 Å². The van der Waals surface area contributed by atoms with Gasteiger partial charge >= 0.3 is 0 Å². The summed E-state index contributed by atoms with van der Waals surface area (Å²) in [5.41, 5.74) is 1.55. The van der Waals surface area contributed by atoms with Crippen molar-refractivity contribution >= 4 is 7.85 Å². The summed E-state index contributed by atoms with van der Waals surface area (Å²) in [6, 6.07) is 0.692. The first-order valence-corrected chi connectivity index (χ1v) is 11.0. The number of rotatable bonds is 5. The zero-order chi connectivity index (χ0) is 19.3. The molecule has 7 nitrogen and oxygen atoms in total. The lowest BCUT2D eigenvalue weighted by Crippen LogP contribution is -2.69. The lowest BCUT2D eigenvalue weighted by Gasteiger charge is -2.47. The highest BCUT2D eigenvalue weighted by Gasteiger charge is 2.43. The summed E-state index contributed by atoms with van der Waals surface area (Å²) in [5, 5.41) is 17.8. The van der Waals surface area contributed by atoms with E-state index in [1.54, 1.807) is 5.57 Å². The smallest absolute Gasteiger partial charge is 0.113 e. The second-order valence-electron chi connectivity index (χ2n) is 8.55. The second-order valence-corrected chi connectivity index (χ2v) is 8.55. The van der Waals surface area contributed by atoms with Crippen molar-refractivity contribution in [1.82, 2.24) is 26.6 Å². The molecule has 7 unspecified atom stereocenters. The normalized spacial score (nSPS) is 42.3. The summed E-state index contributed by atoms with van der Waals surface area (Å²) in [6.07, 6.45) is 9.17. The Morgan fingerprint density at radius 3 is 2.93 bits per heavy atom. The quantitative estimate of drug-likeness (QED) is 0.330. The van der Waals surface area contributed by atoms with Gasteiger partial charge in [0.15, 0.2) is 0 Å². The van der Waals surface area contributed by atoms with Crippen LogP contribution in [-0.2, 0) is 9.47 Å². The summed E-state index contributed by atoms with van der Waals surface area (Å²) in [5.74, 6) is 0.436. The van der Waals surface area contributed by atoms with Gasteiger partial charge in [0.25, 0.3) is 0 Å². The van der Waals surface area contributed by atoms with Gasteiger partial charge in [0.05, 0.1) is 39.4 Å². The highest BCUT2D eigenvalue weighted by Crippen LogP contribution is 2.37. The largest absolute Gasteiger partial charge is 0.373 e. The first-order chi connectivity index (χ1) is 13.8. The molecule has 3 aliphatic heterocycles. The number of ether oxygens (including phenoxy) is 2. The van der Waals surface area contributed by atoms with Gasteiger partial charge < -0.3 is 20.1 Å². The van der Waals surface area contributed by atoms with E-state index in [-0.39, 0.29) is 24.7 Å². The predicted octanol–water partition coefficient (Wildman–Crippen LogP) is -0.184. The Bertz CT molecular complexity index is 525. The molecule has 0 amide bonds. The maximum atomic E-state index is 6.22. The summed E-state index contributed by atoms with van der Waals surface area (Å²) >= 11 is 0. The van der Waals surface area contributed by atoms with Crippen LogP contribution in [0.4, 0.5) is 0 Å². The van der Waals surface area contributed by atoms with E-state index in [1.165, 1.54) is 6.42 Å². The minimum atomic E-state index is 0.0521. The lowest BCUT2D eigenvalue weighted by atomic mass is 9.75. The average molecular weight is 389 g/mol. The highest BCUT2D eigenvalue weighted by molar-refractivity contribution is 6.08. The van der Waals surface area contributed by atoms with Crippen LogP contribution in [0.3, 0.4) is 0 Å². The van der Waals surface area contributed by atoms with Gasteiger partial charge in [0, 0.05) is 24.5 Å². The van der Waals surface area contributed by atoms with E-state index in [4.69, 9.17) is 17.3 Å². The van der Waals surface area contributed by atoms with E-state index in [9.17, 15) is 0 Å². The molecule has 0 aromatic rings. The molecule has 3 fully saturated rings. The summed E-state index contributed by atoms with van der Waals surface area (Å²) in [6.45, 7) is 3.49. The summed E-state index contributed by atoms with van der Waals surface area (Å²) in [4.78, 5) is 0. The van der Waals surface area contributed by atoms with E-state index < -0.39 is 0 Å². The van der Waals surface area contributed by atoms with E-state index >= 15 is 0 Å². The monoisotopic (exact) mass is 389 g/mol. The van der Waals surface area contributed by atoms with Crippen LogP contribution in [-0.4, -0.2) is 77.9 Å². The minimum Gasteiger partial charge on any atom is -0.373 e. The lowest BCUT2D eigenvalue weighted by molar-refractivity contribution is -0.173. The van der Waals surface area contributed by atoms with Crippen LogP contribution >= 0.6 is 0 Å². The molecule has 2 radical (unpaired) electrons. The molecule has 4 rings (SSSR count). The van der Waals surface area contributed by atoms with Crippen molar-refractivity contribution in [3.05, 3.63) is 11.6 Å². The standard InChI is InChI=1S/C20H36BN5O2/c1-22-18-11-15(12-21)25-20(26-18)24-14-9-16(13-3-2-5-23-6-4-13)19-17(10-14)27-7-8-28-19/h4,14-20,22-26H,2-3,5-12H2,1H3. The molecular formula is C20H36BN5O2. The fraction of sp³-hybridized carbons (Fsp3) is 0.900. The third kappa shape index (κ3) is 4.98. The third-order valence-corrected chi connectivity index (χ3v) is 6.67. The fourth-order valence-electron chi connectivity index (χ4n) is 5.24. The molecule has 28 heavy (non-hydrogen) atoms. The van der Waals surface area contributed by atoms with Crippen molar-refractivity contribution in [2.75, 3.05) is 33.4 Å². The first kappa shape index (κ1) is 20.8. The molecule has 3 heterocycles. The van der Waals surface area contributed by atoms with E-state index in [0.717, 1.165) is 45.4 Å². The minimum absolute atomic E-state index is 0.0521. The van der Waals surface area contributed by atoms with Crippen molar-refractivity contribution in [3.8, 4) is 0 Å². The maximum absolute atomic E-state index is 6.22. The van der Waals surface area contributed by atoms with Crippen molar-refractivity contribution < 1.29 is 9.47 Å². The number of fused-ring (bicyclic) bond motifs is 1. The third-order valence-electron chi connectivity index (χ3n) is 6.67. The van der Waals surface area contributed by atoms with E-state index in [1.807, 2.05) is 7.05 Å². The Labute approximate surface area is 170 Å². The Hall–Kier alpha value is -0.475. The van der Waals surface area contributed by atoms with Gasteiger partial charge in [-0.15, -0.1) is 0 Å². The highest BCUT2D eigenvalue weighted by atomic mass is 16.6. The van der Waals surface area contributed by atoms with Gasteiger partial charge in [0.2, 0.25) is 0 Å². The molecule has 5 N–H and O–H groups in total. The molecule has 7 atom stereocenters. The molecule has 0 aromatic heterocycles. The fourth-order valence-corrected chi connectivity index (χ4v) is 5.24. The van der Waals surface area contributed by atoms with Gasteiger partial charge in [0.1, 0.15) is 6.29 Å². The molecule has 0 aromatic carbocycles. The zero-order valence-electron chi connectivity index (χ0n) is 17.1. The van der Waals surface area contributed by atoms with Crippen LogP contribution in [0.25, 0.3) is 0 Å². The topological polar surface area (TPSA) is 78.6 Å². The van der Waals surface area contributed by atoms with Crippen LogP contribution in [0.2, 0.25) is 6.32 Å². The molecule has 0 spiro atoms. The maximum Gasteiger partial charge on any atom is 0.113 e. The van der Waals surface area contributed by atoms with Gasteiger partial charge in [-0.2, -0.15) is 0 Å². The Kier molecular flexibility index (Phi) is 7.44. The SMILES string of the molecule is [B]CC1CC(NC)NC(NC2CC3OCCOC3C(C3=CCNCCC3)C2)N1. The molecule has 2 saturated heterocycles. The second kappa shape index (κ2) is 10.0. The molecule has 1 aliphatic carbocycles. The molecular weight excluding hydrogens is 353 g/mol. The van der Waals surface area contributed by atoms with Crippen LogP contribution < -0.4 is 26.6 Å². The van der Waals surface area contributed by atoms with Crippen LogP contribution in [0.5, 0.6) is 0 Å². The predicted molar refractivity (Wildman–Crippen MR) is 111 cm³/mol. The van der Waals surface area contributed by atoms with Crippen LogP contribution in [0, 0.1) is 5.92 Å². The van der Waals surface area contributed by atoms with Crippen molar-refractivity contribution in [2.24, 2.45) is 5.92 Å². The molecule has 4 aliphatic rings. The molecule has 156 valence electrons. The Morgan fingerprint density at radius 1 is 1.18 bits per heavy atom. The summed E-state index contributed by atoms with van der Waals surface area (Å²) < 4.78 is 12.4. The first-order valence-electron chi connectivity index (χ1n) is 11.0. The number of hydrogen-bond acceptors (Lipinski definition) is 7. The van der Waals surface area contributed by atoms with Crippen molar-refractivity contribution in [1.29, 1.82) is 0 Å². The zero-order valence-corrected chi connectivity index (χ0v) is 17.1. The Balaban J connectivity index is 1.44. The molecule has 1 saturated carbocycles. The number of nitrogens with one attached hydrogen (secondary N) is 5. The van der Waals surface area contributed by atoms with Gasteiger partial charge in [-0.25, -0.2) is 0 Å². The van der Waals surface area contributed by atoms with E-state index in [2.05, 4.69) is 32.7 Å². The van der Waals surface area contributed by atoms with E-state index in [0.29, 0.717) is 30.9 Å². The van der Waals surface area contributed by atoms with Crippen molar-refractivity contribution in [3.63, 3.8) is 0 Å². The van der Waals surface area contributed by atoms with Crippen molar-refractivity contribution in [2.45, 2.75) is 75.2 Å². The number of hydrogen-bond donors (Lipinski definition) is 5. The molecule has 8 heteroatoms. The average Bonchev–Trinajstić information content (AvgIpc) is 3.02.